The van der Waals surface area contributed by atoms with E-state index in [1.165, 1.54) is 7.11 Å². The van der Waals surface area contributed by atoms with Gasteiger partial charge in [-0.05, 0) is 35.8 Å². The van der Waals surface area contributed by atoms with Crippen LogP contribution in [0.1, 0.15) is 32.4 Å². The van der Waals surface area contributed by atoms with Crippen molar-refractivity contribution in [1.29, 1.82) is 0 Å². The number of benzene rings is 1. The van der Waals surface area contributed by atoms with Gasteiger partial charge in [0.1, 0.15) is 6.10 Å². The summed E-state index contributed by atoms with van der Waals surface area (Å²) in [5, 5.41) is 0.610. The molecule has 1 aromatic carbocycles. The van der Waals surface area contributed by atoms with Gasteiger partial charge in [0.15, 0.2) is 8.32 Å². The standard InChI is InChI=1S/C17H25ClO3Si/c1-12(16(19)20-5)15(13-9-8-10-14(18)11-13)21-22(6,7)17(2,3)4/h8-11,15H,1H2,2-7H3. The van der Waals surface area contributed by atoms with Crippen molar-refractivity contribution in [3.63, 3.8) is 0 Å². The highest BCUT2D eigenvalue weighted by molar-refractivity contribution is 6.74. The van der Waals surface area contributed by atoms with Crippen molar-refractivity contribution in [2.75, 3.05) is 7.11 Å². The summed E-state index contributed by atoms with van der Waals surface area (Å²) in [4.78, 5) is 11.9. The lowest BCUT2D eigenvalue weighted by molar-refractivity contribution is -0.137. The zero-order valence-corrected chi connectivity index (χ0v) is 16.0. The molecule has 22 heavy (non-hydrogen) atoms. The highest BCUT2D eigenvalue weighted by Gasteiger charge is 2.40. The Morgan fingerprint density at radius 3 is 2.36 bits per heavy atom. The van der Waals surface area contributed by atoms with Crippen molar-refractivity contribution in [3.8, 4) is 0 Å². The van der Waals surface area contributed by atoms with Crippen LogP contribution in [-0.4, -0.2) is 21.4 Å². The number of methoxy groups -OCH3 is 1. The number of rotatable bonds is 5. The van der Waals surface area contributed by atoms with E-state index in [1.54, 1.807) is 12.1 Å². The van der Waals surface area contributed by atoms with Crippen molar-refractivity contribution in [2.45, 2.75) is 45.0 Å². The molecule has 1 unspecified atom stereocenters. The van der Waals surface area contributed by atoms with E-state index in [1.807, 2.05) is 12.1 Å². The minimum atomic E-state index is -2.10. The molecule has 0 aliphatic rings. The molecule has 0 amide bonds. The molecule has 0 aromatic heterocycles. The van der Waals surface area contributed by atoms with Gasteiger partial charge in [0.25, 0.3) is 0 Å². The molecule has 1 rings (SSSR count). The minimum Gasteiger partial charge on any atom is -0.466 e. The first-order chi connectivity index (χ1) is 9.99. The maximum absolute atomic E-state index is 11.9. The van der Waals surface area contributed by atoms with Gasteiger partial charge in [0.2, 0.25) is 0 Å². The van der Waals surface area contributed by atoms with Crippen LogP contribution >= 0.6 is 11.6 Å². The van der Waals surface area contributed by atoms with E-state index in [2.05, 4.69) is 40.4 Å². The van der Waals surface area contributed by atoms with Crippen LogP contribution in [0.5, 0.6) is 0 Å². The summed E-state index contributed by atoms with van der Waals surface area (Å²) in [7, 11) is -0.759. The van der Waals surface area contributed by atoms with E-state index in [9.17, 15) is 4.79 Å². The van der Waals surface area contributed by atoms with Crippen LogP contribution in [0, 0.1) is 0 Å². The molecule has 3 nitrogen and oxygen atoms in total. The third kappa shape index (κ3) is 4.45. The summed E-state index contributed by atoms with van der Waals surface area (Å²) < 4.78 is 11.2. The Kier molecular flexibility index (Phi) is 6.01. The summed E-state index contributed by atoms with van der Waals surface area (Å²) in [5.41, 5.74) is 1.10. The topological polar surface area (TPSA) is 35.5 Å². The average molecular weight is 341 g/mol. The fourth-order valence-corrected chi connectivity index (χ4v) is 3.14. The molecular weight excluding hydrogens is 316 g/mol. The van der Waals surface area contributed by atoms with Crippen LogP contribution in [0.4, 0.5) is 0 Å². The highest BCUT2D eigenvalue weighted by Crippen LogP contribution is 2.41. The van der Waals surface area contributed by atoms with Gasteiger partial charge < -0.3 is 9.16 Å². The average Bonchev–Trinajstić information content (AvgIpc) is 2.42. The fraction of sp³-hybridized carbons (Fsp3) is 0.471. The predicted molar refractivity (Wildman–Crippen MR) is 93.6 cm³/mol. The number of carbonyl (C=O) groups excluding carboxylic acids is 1. The second kappa shape index (κ2) is 6.98. The van der Waals surface area contributed by atoms with Crippen LogP contribution < -0.4 is 0 Å². The molecule has 0 spiro atoms. The van der Waals surface area contributed by atoms with Gasteiger partial charge in [-0.15, -0.1) is 0 Å². The van der Waals surface area contributed by atoms with Crippen LogP contribution in [-0.2, 0) is 14.0 Å². The van der Waals surface area contributed by atoms with Gasteiger partial charge in [-0.1, -0.05) is 51.1 Å². The van der Waals surface area contributed by atoms with Gasteiger partial charge in [0, 0.05) is 5.02 Å². The minimum absolute atomic E-state index is 0.0141. The molecule has 122 valence electrons. The Balaban J connectivity index is 3.24. The fourth-order valence-electron chi connectivity index (χ4n) is 1.72. The summed E-state index contributed by atoms with van der Waals surface area (Å²) in [5.74, 6) is -0.469. The zero-order valence-electron chi connectivity index (χ0n) is 14.2. The van der Waals surface area contributed by atoms with Crippen LogP contribution in [0.2, 0.25) is 23.2 Å². The van der Waals surface area contributed by atoms with Crippen molar-refractivity contribution in [3.05, 3.63) is 47.0 Å². The van der Waals surface area contributed by atoms with Gasteiger partial charge in [-0.3, -0.25) is 0 Å². The van der Waals surface area contributed by atoms with E-state index < -0.39 is 20.4 Å². The molecule has 5 heteroatoms. The summed E-state index contributed by atoms with van der Waals surface area (Å²) >= 11 is 6.08. The van der Waals surface area contributed by atoms with Crippen LogP contribution in [0.15, 0.2) is 36.4 Å². The SMILES string of the molecule is C=C(C(=O)OC)C(O[Si](C)(C)C(C)(C)C)c1cccc(Cl)c1. The predicted octanol–water partition coefficient (Wildman–Crippen LogP) is 5.13. The second-order valence-electron chi connectivity index (χ2n) is 6.83. The molecule has 1 atom stereocenters. The lowest BCUT2D eigenvalue weighted by atomic mass is 10.0. The Hall–Kier alpha value is -1.10. The van der Waals surface area contributed by atoms with E-state index in [0.29, 0.717) is 5.02 Å². The Morgan fingerprint density at radius 2 is 1.91 bits per heavy atom. The van der Waals surface area contributed by atoms with Gasteiger partial charge in [-0.2, -0.15) is 0 Å². The van der Waals surface area contributed by atoms with E-state index in [-0.39, 0.29) is 10.6 Å². The summed E-state index contributed by atoms with van der Waals surface area (Å²) in [6.07, 6.45) is -0.549. The molecule has 0 fully saturated rings. The Labute approximate surface area is 139 Å². The molecule has 0 N–H and O–H groups in total. The number of hydrogen-bond acceptors (Lipinski definition) is 3. The van der Waals surface area contributed by atoms with Crippen LogP contribution in [0.25, 0.3) is 0 Å². The summed E-state index contributed by atoms with van der Waals surface area (Å²) in [6, 6.07) is 7.31. The van der Waals surface area contributed by atoms with Crippen molar-refractivity contribution >= 4 is 25.9 Å². The Morgan fingerprint density at radius 1 is 1.32 bits per heavy atom. The van der Waals surface area contributed by atoms with E-state index in [4.69, 9.17) is 20.8 Å². The number of carbonyl (C=O) groups is 1. The lowest BCUT2D eigenvalue weighted by Gasteiger charge is -2.39. The molecule has 0 aliphatic carbocycles. The number of esters is 1. The first kappa shape index (κ1) is 18.9. The maximum Gasteiger partial charge on any atom is 0.336 e. The normalized spacial score (nSPS) is 13.6. The third-order valence-corrected chi connectivity index (χ3v) is 8.81. The quantitative estimate of drug-likeness (QED) is 0.423. The van der Waals surface area contributed by atoms with Gasteiger partial charge in [0.05, 0.1) is 12.7 Å². The lowest BCUT2D eigenvalue weighted by Crippen LogP contribution is -2.42. The molecule has 0 saturated carbocycles. The summed E-state index contributed by atoms with van der Waals surface area (Å²) in [6.45, 7) is 14.6. The number of halogens is 1. The first-order valence-electron chi connectivity index (χ1n) is 7.20. The zero-order chi connectivity index (χ0) is 17.1. The van der Waals surface area contributed by atoms with E-state index in [0.717, 1.165) is 5.56 Å². The maximum atomic E-state index is 11.9. The van der Waals surface area contributed by atoms with Gasteiger partial charge in [-0.25, -0.2) is 4.79 Å². The first-order valence-corrected chi connectivity index (χ1v) is 10.5. The molecule has 0 bridgehead atoms. The smallest absolute Gasteiger partial charge is 0.336 e. The second-order valence-corrected chi connectivity index (χ2v) is 12.0. The van der Waals surface area contributed by atoms with Gasteiger partial charge >= 0.3 is 5.97 Å². The van der Waals surface area contributed by atoms with Crippen LogP contribution in [0.3, 0.4) is 0 Å². The largest absolute Gasteiger partial charge is 0.466 e. The molecule has 0 radical (unpaired) electrons. The van der Waals surface area contributed by atoms with E-state index >= 15 is 0 Å². The molecule has 0 aliphatic heterocycles. The van der Waals surface area contributed by atoms with Crippen molar-refractivity contribution in [2.24, 2.45) is 0 Å². The molecule has 0 saturated heterocycles. The Bertz CT molecular complexity index is 561. The van der Waals surface area contributed by atoms with Crippen molar-refractivity contribution < 1.29 is 14.0 Å². The monoisotopic (exact) mass is 340 g/mol. The molecule has 1 aromatic rings. The molecular formula is C17H25ClO3Si. The molecule has 0 heterocycles. The highest BCUT2D eigenvalue weighted by atomic mass is 35.5. The number of ether oxygens (including phenoxy) is 1. The third-order valence-electron chi connectivity index (χ3n) is 4.13. The number of hydrogen-bond donors (Lipinski definition) is 0. The van der Waals surface area contributed by atoms with Crippen molar-refractivity contribution in [1.82, 2.24) is 0 Å².